The van der Waals surface area contributed by atoms with Crippen LogP contribution >= 0.6 is 11.8 Å². The predicted molar refractivity (Wildman–Crippen MR) is 116 cm³/mol. The van der Waals surface area contributed by atoms with E-state index in [-0.39, 0.29) is 17.6 Å². The second kappa shape index (κ2) is 10.4. The normalized spacial score (nSPS) is 14.6. The van der Waals surface area contributed by atoms with Crippen molar-refractivity contribution in [1.82, 2.24) is 4.90 Å². The first-order valence-corrected chi connectivity index (χ1v) is 10.6. The van der Waals surface area contributed by atoms with Crippen LogP contribution in [0.25, 0.3) is 0 Å². The molecule has 3 rings (SSSR count). The molecule has 30 heavy (non-hydrogen) atoms. The molecule has 7 heteroatoms. The molecule has 5 nitrogen and oxygen atoms in total. The fourth-order valence-electron chi connectivity index (χ4n) is 3.02. The molecule has 0 bridgehead atoms. The van der Waals surface area contributed by atoms with Gasteiger partial charge in [0.15, 0.2) is 5.78 Å². The lowest BCUT2D eigenvalue weighted by Gasteiger charge is -2.21. The van der Waals surface area contributed by atoms with Crippen molar-refractivity contribution < 1.29 is 18.7 Å². The summed E-state index contributed by atoms with van der Waals surface area (Å²) in [5, 5.41) is 2.94. The van der Waals surface area contributed by atoms with Crippen molar-refractivity contribution in [3.05, 3.63) is 66.1 Å². The Balaban J connectivity index is 1.67. The maximum absolute atomic E-state index is 14.6. The maximum atomic E-state index is 14.6. The largest absolute Gasteiger partial charge is 0.383 e. The van der Waals surface area contributed by atoms with Crippen molar-refractivity contribution in [2.45, 2.75) is 22.6 Å². The highest BCUT2D eigenvalue weighted by atomic mass is 32.2. The van der Waals surface area contributed by atoms with Gasteiger partial charge in [0.2, 0.25) is 5.91 Å². The van der Waals surface area contributed by atoms with E-state index < -0.39 is 5.82 Å². The number of ether oxygens (including phenoxy) is 1. The molecule has 0 radical (unpaired) electrons. The van der Waals surface area contributed by atoms with E-state index in [1.807, 2.05) is 38.4 Å². The van der Waals surface area contributed by atoms with Crippen molar-refractivity contribution in [1.29, 1.82) is 0 Å². The Bertz CT molecular complexity index is 940. The highest BCUT2D eigenvalue weighted by Crippen LogP contribution is 2.32. The number of halogens is 1. The van der Waals surface area contributed by atoms with Crippen LogP contribution in [0.5, 0.6) is 0 Å². The summed E-state index contributed by atoms with van der Waals surface area (Å²) in [7, 11) is 3.62. The molecule has 1 aliphatic heterocycles. The number of hydrogen-bond acceptors (Lipinski definition) is 5. The molecule has 0 aliphatic carbocycles. The number of ketones is 1. The van der Waals surface area contributed by atoms with E-state index in [0.717, 1.165) is 17.7 Å². The summed E-state index contributed by atoms with van der Waals surface area (Å²) < 4.78 is 19.9. The van der Waals surface area contributed by atoms with Gasteiger partial charge in [0.05, 0.1) is 0 Å². The van der Waals surface area contributed by atoms with Crippen LogP contribution in [-0.4, -0.2) is 43.9 Å². The molecule has 2 aromatic carbocycles. The molecule has 2 aromatic rings. The summed E-state index contributed by atoms with van der Waals surface area (Å²) in [5.41, 5.74) is 0.977. The minimum absolute atomic E-state index is 0.0136. The SMILES string of the molecule is CN(C)/C=C/C(=O)c1ccc(Sc2cccc(NC(=O)C3CCOCC3)c2)c(F)c1. The number of carbonyl (C=O) groups excluding carboxylic acids is 2. The smallest absolute Gasteiger partial charge is 0.227 e. The van der Waals surface area contributed by atoms with Crippen molar-refractivity contribution in [3.63, 3.8) is 0 Å². The number of nitrogens with one attached hydrogen (secondary N) is 1. The van der Waals surface area contributed by atoms with E-state index >= 15 is 0 Å². The van der Waals surface area contributed by atoms with Crippen LogP contribution in [0, 0.1) is 11.7 Å². The van der Waals surface area contributed by atoms with Crippen molar-refractivity contribution >= 4 is 29.1 Å². The van der Waals surface area contributed by atoms with Crippen LogP contribution in [-0.2, 0) is 9.53 Å². The number of benzene rings is 2. The summed E-state index contributed by atoms with van der Waals surface area (Å²) in [6, 6.07) is 11.8. The third-order valence-electron chi connectivity index (χ3n) is 4.66. The van der Waals surface area contributed by atoms with Gasteiger partial charge in [-0.1, -0.05) is 17.8 Å². The Morgan fingerprint density at radius 2 is 1.93 bits per heavy atom. The first-order chi connectivity index (χ1) is 14.4. The van der Waals surface area contributed by atoms with Crippen LogP contribution in [0.4, 0.5) is 10.1 Å². The number of amides is 1. The summed E-state index contributed by atoms with van der Waals surface area (Å²) in [4.78, 5) is 27.5. The van der Waals surface area contributed by atoms with Gasteiger partial charge >= 0.3 is 0 Å². The predicted octanol–water partition coefficient (Wildman–Crippen LogP) is 4.60. The van der Waals surface area contributed by atoms with Crippen LogP contribution in [0.15, 0.2) is 64.5 Å². The van der Waals surface area contributed by atoms with E-state index in [2.05, 4.69) is 5.32 Å². The molecule has 0 spiro atoms. The van der Waals surface area contributed by atoms with Crippen LogP contribution in [0.1, 0.15) is 23.2 Å². The topological polar surface area (TPSA) is 58.6 Å². The molecule has 0 atom stereocenters. The fourth-order valence-corrected chi connectivity index (χ4v) is 3.90. The van der Waals surface area contributed by atoms with Gasteiger partial charge in [-0.05, 0) is 49.2 Å². The molecule has 1 fully saturated rings. The van der Waals surface area contributed by atoms with E-state index in [1.54, 1.807) is 23.2 Å². The highest BCUT2D eigenvalue weighted by Gasteiger charge is 2.21. The first kappa shape index (κ1) is 22.1. The quantitative estimate of drug-likeness (QED) is 0.516. The molecule has 1 saturated heterocycles. The average molecular weight is 429 g/mol. The van der Waals surface area contributed by atoms with Gasteiger partial charge in [-0.25, -0.2) is 4.39 Å². The summed E-state index contributed by atoms with van der Waals surface area (Å²) in [5.74, 6) is -0.767. The molecule has 0 saturated carbocycles. The third-order valence-corrected chi connectivity index (χ3v) is 5.70. The Labute approximate surface area is 180 Å². The molecule has 158 valence electrons. The third kappa shape index (κ3) is 6.18. The summed E-state index contributed by atoms with van der Waals surface area (Å²) in [6.45, 7) is 1.22. The number of anilines is 1. The lowest BCUT2D eigenvalue weighted by Crippen LogP contribution is -2.28. The van der Waals surface area contributed by atoms with Gasteiger partial charge in [0.25, 0.3) is 0 Å². The molecular formula is C23H25FN2O3S. The zero-order valence-electron chi connectivity index (χ0n) is 17.1. The van der Waals surface area contributed by atoms with E-state index in [1.165, 1.54) is 23.9 Å². The lowest BCUT2D eigenvalue weighted by molar-refractivity contribution is -0.122. The average Bonchev–Trinajstić information content (AvgIpc) is 2.74. The number of carbonyl (C=O) groups is 2. The van der Waals surface area contributed by atoms with Gasteiger partial charge in [0, 0.05) is 66.5 Å². The lowest BCUT2D eigenvalue weighted by atomic mass is 9.99. The minimum Gasteiger partial charge on any atom is -0.383 e. The molecule has 1 N–H and O–H groups in total. The van der Waals surface area contributed by atoms with Crippen molar-refractivity contribution in [2.24, 2.45) is 5.92 Å². The van der Waals surface area contributed by atoms with E-state index in [0.29, 0.717) is 29.4 Å². The first-order valence-electron chi connectivity index (χ1n) is 9.77. The van der Waals surface area contributed by atoms with Crippen LogP contribution < -0.4 is 5.32 Å². The van der Waals surface area contributed by atoms with Gasteiger partial charge in [-0.3, -0.25) is 9.59 Å². The second-order valence-electron chi connectivity index (χ2n) is 7.29. The van der Waals surface area contributed by atoms with Gasteiger partial charge in [-0.2, -0.15) is 0 Å². The van der Waals surface area contributed by atoms with Crippen molar-refractivity contribution in [3.8, 4) is 0 Å². The fraction of sp³-hybridized carbons (Fsp3) is 0.304. The van der Waals surface area contributed by atoms with Crippen molar-refractivity contribution in [2.75, 3.05) is 32.6 Å². The van der Waals surface area contributed by atoms with Gasteiger partial charge in [0.1, 0.15) is 5.82 Å². The molecule has 1 heterocycles. The second-order valence-corrected chi connectivity index (χ2v) is 8.41. The Hall–Kier alpha value is -2.64. The number of rotatable bonds is 7. The molecule has 0 aromatic heterocycles. The maximum Gasteiger partial charge on any atom is 0.227 e. The Morgan fingerprint density at radius 1 is 1.17 bits per heavy atom. The zero-order valence-corrected chi connectivity index (χ0v) is 17.9. The zero-order chi connectivity index (χ0) is 21.5. The van der Waals surface area contributed by atoms with E-state index in [9.17, 15) is 14.0 Å². The highest BCUT2D eigenvalue weighted by molar-refractivity contribution is 7.99. The molecule has 1 aliphatic rings. The van der Waals surface area contributed by atoms with Gasteiger partial charge < -0.3 is 15.0 Å². The summed E-state index contributed by atoms with van der Waals surface area (Å²) >= 11 is 1.25. The Morgan fingerprint density at radius 3 is 2.63 bits per heavy atom. The van der Waals surface area contributed by atoms with E-state index in [4.69, 9.17) is 4.74 Å². The Kier molecular flexibility index (Phi) is 7.65. The monoisotopic (exact) mass is 428 g/mol. The summed E-state index contributed by atoms with van der Waals surface area (Å²) in [6.07, 6.45) is 4.48. The minimum atomic E-state index is -0.458. The molecule has 0 unspecified atom stereocenters. The van der Waals surface area contributed by atoms with Crippen LogP contribution in [0.2, 0.25) is 0 Å². The standard InChI is InChI=1S/C23H25FN2O3S/c1-26(2)11-8-21(27)17-6-7-22(20(24)14-17)30-19-5-3-4-18(15-19)25-23(28)16-9-12-29-13-10-16/h3-8,11,14-16H,9-10,12-13H2,1-2H3,(H,25,28)/b11-8+. The molecule has 1 amide bonds. The molecular weight excluding hydrogens is 403 g/mol. The number of hydrogen-bond donors (Lipinski definition) is 1. The number of allylic oxidation sites excluding steroid dienone is 1. The van der Waals surface area contributed by atoms with Gasteiger partial charge in [-0.15, -0.1) is 0 Å². The van der Waals surface area contributed by atoms with Crippen LogP contribution in [0.3, 0.4) is 0 Å². The number of nitrogens with zero attached hydrogens (tertiary/aromatic N) is 1.